The predicted molar refractivity (Wildman–Crippen MR) is 138 cm³/mol. The van der Waals surface area contributed by atoms with E-state index in [1.54, 1.807) is 54.7 Å². The molecule has 0 unspecified atom stereocenters. The van der Waals surface area contributed by atoms with Crippen molar-refractivity contribution in [2.45, 2.75) is 17.7 Å². The number of anilines is 3. The van der Waals surface area contributed by atoms with Gasteiger partial charge >= 0.3 is 6.03 Å². The van der Waals surface area contributed by atoms with Crippen LogP contribution in [0.3, 0.4) is 0 Å². The average molecular weight is 487 g/mol. The van der Waals surface area contributed by atoms with E-state index in [4.69, 9.17) is 0 Å². The summed E-state index contributed by atoms with van der Waals surface area (Å²) >= 11 is 1.40. The summed E-state index contributed by atoms with van der Waals surface area (Å²) in [7, 11) is 0. The second kappa shape index (κ2) is 11.3. The Morgan fingerprint density at radius 2 is 1.60 bits per heavy atom. The van der Waals surface area contributed by atoms with Gasteiger partial charge in [-0.1, -0.05) is 36.4 Å². The van der Waals surface area contributed by atoms with Crippen molar-refractivity contribution < 1.29 is 14.0 Å². The Labute approximate surface area is 207 Å². The molecule has 3 N–H and O–H groups in total. The van der Waals surface area contributed by atoms with Crippen LogP contribution in [0, 0.1) is 12.7 Å². The number of hydrogen-bond donors (Lipinski definition) is 3. The summed E-state index contributed by atoms with van der Waals surface area (Å²) in [5, 5.41) is 9.04. The SMILES string of the molecule is Cc1ccc(NC(=O)Nc2ccccc2)cc1NC(=O)c1cccnc1SCc1ccc(F)cc1. The summed E-state index contributed by atoms with van der Waals surface area (Å²) in [5.74, 6) is -0.0537. The first-order valence-corrected chi connectivity index (χ1v) is 11.8. The largest absolute Gasteiger partial charge is 0.323 e. The van der Waals surface area contributed by atoms with E-state index in [2.05, 4.69) is 20.9 Å². The summed E-state index contributed by atoms with van der Waals surface area (Å²) in [6, 6.07) is 23.7. The van der Waals surface area contributed by atoms with Crippen LogP contribution in [0.2, 0.25) is 0 Å². The number of thioether (sulfide) groups is 1. The van der Waals surface area contributed by atoms with Crippen molar-refractivity contribution in [3.63, 3.8) is 0 Å². The van der Waals surface area contributed by atoms with Gasteiger partial charge in [0.2, 0.25) is 0 Å². The molecule has 0 aliphatic heterocycles. The fourth-order valence-corrected chi connectivity index (χ4v) is 4.20. The number of nitrogens with zero attached hydrogens (tertiary/aromatic N) is 1. The van der Waals surface area contributed by atoms with Gasteiger partial charge in [-0.25, -0.2) is 14.2 Å². The Hall–Kier alpha value is -4.17. The second-order valence-corrected chi connectivity index (χ2v) is 8.66. The maximum atomic E-state index is 13.2. The van der Waals surface area contributed by atoms with Gasteiger partial charge in [0.15, 0.2) is 0 Å². The molecule has 3 amide bonds. The van der Waals surface area contributed by atoms with Crippen molar-refractivity contribution in [1.29, 1.82) is 0 Å². The molecule has 0 atom stereocenters. The number of rotatable bonds is 7. The molecule has 8 heteroatoms. The molecule has 1 heterocycles. The first-order chi connectivity index (χ1) is 17.0. The third-order valence-electron chi connectivity index (χ3n) is 5.08. The van der Waals surface area contributed by atoms with Gasteiger partial charge in [-0.15, -0.1) is 11.8 Å². The molecule has 0 aliphatic carbocycles. The number of amides is 3. The summed E-state index contributed by atoms with van der Waals surface area (Å²) < 4.78 is 13.2. The molecule has 35 heavy (non-hydrogen) atoms. The minimum absolute atomic E-state index is 0.290. The molecule has 4 rings (SSSR count). The Bertz CT molecular complexity index is 1330. The lowest BCUT2D eigenvalue weighted by atomic mass is 10.1. The molecule has 176 valence electrons. The third-order valence-corrected chi connectivity index (χ3v) is 6.16. The van der Waals surface area contributed by atoms with Crippen LogP contribution in [-0.2, 0) is 5.75 Å². The highest BCUT2D eigenvalue weighted by molar-refractivity contribution is 7.98. The number of carbonyl (C=O) groups is 2. The highest BCUT2D eigenvalue weighted by Gasteiger charge is 2.15. The third kappa shape index (κ3) is 6.68. The molecule has 0 aliphatic rings. The number of pyridine rings is 1. The lowest BCUT2D eigenvalue weighted by Gasteiger charge is -2.13. The number of aromatic nitrogens is 1. The average Bonchev–Trinajstić information content (AvgIpc) is 2.86. The van der Waals surface area contributed by atoms with Gasteiger partial charge in [0.25, 0.3) is 5.91 Å². The zero-order chi connectivity index (χ0) is 24.6. The Balaban J connectivity index is 1.44. The highest BCUT2D eigenvalue weighted by Crippen LogP contribution is 2.26. The fourth-order valence-electron chi connectivity index (χ4n) is 3.25. The molecule has 6 nitrogen and oxygen atoms in total. The normalized spacial score (nSPS) is 10.5. The first kappa shape index (κ1) is 24.0. The number of urea groups is 1. The maximum Gasteiger partial charge on any atom is 0.323 e. The fraction of sp³-hybridized carbons (Fsp3) is 0.0741. The smallest absolute Gasteiger partial charge is 0.322 e. The summed E-state index contributed by atoms with van der Waals surface area (Å²) in [5.41, 5.74) is 3.99. The van der Waals surface area contributed by atoms with Crippen molar-refractivity contribution in [2.24, 2.45) is 0 Å². The van der Waals surface area contributed by atoms with Gasteiger partial charge in [0.05, 0.1) is 5.56 Å². The van der Waals surface area contributed by atoms with Gasteiger partial charge in [0, 0.05) is 29.0 Å². The second-order valence-electron chi connectivity index (χ2n) is 7.70. The van der Waals surface area contributed by atoms with Crippen LogP contribution in [0.15, 0.2) is 96.2 Å². The van der Waals surface area contributed by atoms with Crippen LogP contribution < -0.4 is 16.0 Å². The van der Waals surface area contributed by atoms with Crippen LogP contribution in [0.5, 0.6) is 0 Å². The van der Waals surface area contributed by atoms with Gasteiger partial charge in [-0.2, -0.15) is 0 Å². The maximum absolute atomic E-state index is 13.2. The standard InChI is InChI=1S/C27H23FN4O2S/c1-18-9-14-22(31-27(34)30-21-6-3-2-4-7-21)16-24(18)32-25(33)23-8-5-15-29-26(23)35-17-19-10-12-20(28)13-11-19/h2-16H,17H2,1H3,(H,32,33)(H2,30,31,34). The van der Waals surface area contributed by atoms with E-state index in [-0.39, 0.29) is 17.8 Å². The molecule has 0 fully saturated rings. The lowest BCUT2D eigenvalue weighted by molar-refractivity contribution is 0.102. The first-order valence-electron chi connectivity index (χ1n) is 10.9. The number of para-hydroxylation sites is 1. The minimum Gasteiger partial charge on any atom is -0.322 e. The molecular formula is C27H23FN4O2S. The van der Waals surface area contributed by atoms with Crippen LogP contribution in [-0.4, -0.2) is 16.9 Å². The molecule has 0 spiro atoms. The van der Waals surface area contributed by atoms with E-state index in [1.807, 2.05) is 31.2 Å². The molecule has 0 radical (unpaired) electrons. The Kier molecular flexibility index (Phi) is 7.74. The van der Waals surface area contributed by atoms with Gasteiger partial charge in [0.1, 0.15) is 10.8 Å². The van der Waals surface area contributed by atoms with Crippen LogP contribution in [0.1, 0.15) is 21.5 Å². The van der Waals surface area contributed by atoms with Crippen LogP contribution in [0.25, 0.3) is 0 Å². The predicted octanol–water partition coefficient (Wildman–Crippen LogP) is 6.72. The molecule has 0 saturated carbocycles. The molecule has 0 bridgehead atoms. The number of carbonyl (C=O) groups excluding carboxylic acids is 2. The van der Waals surface area contributed by atoms with Gasteiger partial charge in [-0.05, 0) is 66.6 Å². The number of hydrogen-bond acceptors (Lipinski definition) is 4. The highest BCUT2D eigenvalue weighted by atomic mass is 32.2. The number of benzene rings is 3. The summed E-state index contributed by atoms with van der Waals surface area (Å²) in [6.45, 7) is 1.87. The van der Waals surface area contributed by atoms with Crippen molar-refractivity contribution in [3.05, 3.63) is 114 Å². The van der Waals surface area contributed by atoms with E-state index in [0.29, 0.717) is 33.4 Å². The lowest BCUT2D eigenvalue weighted by Crippen LogP contribution is -2.20. The Morgan fingerprint density at radius 3 is 2.37 bits per heavy atom. The van der Waals surface area contributed by atoms with Crippen LogP contribution >= 0.6 is 11.8 Å². The molecule has 1 aromatic heterocycles. The van der Waals surface area contributed by atoms with Crippen molar-refractivity contribution in [1.82, 2.24) is 4.98 Å². The molecule has 3 aromatic carbocycles. The summed E-state index contributed by atoms with van der Waals surface area (Å²) in [4.78, 5) is 29.8. The monoisotopic (exact) mass is 486 g/mol. The molecule has 4 aromatic rings. The van der Waals surface area contributed by atoms with Crippen molar-refractivity contribution >= 4 is 40.8 Å². The van der Waals surface area contributed by atoms with E-state index >= 15 is 0 Å². The molecular weight excluding hydrogens is 463 g/mol. The van der Waals surface area contributed by atoms with Crippen molar-refractivity contribution in [3.8, 4) is 0 Å². The van der Waals surface area contributed by atoms with E-state index < -0.39 is 0 Å². The van der Waals surface area contributed by atoms with Gasteiger partial charge < -0.3 is 16.0 Å². The minimum atomic E-state index is -0.385. The quantitative estimate of drug-likeness (QED) is 0.253. The zero-order valence-electron chi connectivity index (χ0n) is 18.9. The number of halogens is 1. The van der Waals surface area contributed by atoms with Crippen LogP contribution in [0.4, 0.5) is 26.2 Å². The number of aryl methyl sites for hydroxylation is 1. The summed E-state index contributed by atoms with van der Waals surface area (Å²) in [6.07, 6.45) is 1.63. The molecule has 0 saturated heterocycles. The van der Waals surface area contributed by atoms with Crippen molar-refractivity contribution in [2.75, 3.05) is 16.0 Å². The van der Waals surface area contributed by atoms with E-state index in [1.165, 1.54) is 23.9 Å². The van der Waals surface area contributed by atoms with Gasteiger partial charge in [-0.3, -0.25) is 4.79 Å². The van der Waals surface area contributed by atoms with E-state index in [9.17, 15) is 14.0 Å². The zero-order valence-corrected chi connectivity index (χ0v) is 19.7. The Morgan fingerprint density at radius 1 is 0.857 bits per heavy atom. The number of nitrogens with one attached hydrogen (secondary N) is 3. The van der Waals surface area contributed by atoms with E-state index in [0.717, 1.165) is 11.1 Å². The topological polar surface area (TPSA) is 83.1 Å².